The second kappa shape index (κ2) is 9.44. The van der Waals surface area contributed by atoms with E-state index in [2.05, 4.69) is 4.90 Å². The number of hydrogen-bond acceptors (Lipinski definition) is 6. The second-order valence-electron chi connectivity index (χ2n) is 4.67. The first-order valence-corrected chi connectivity index (χ1v) is 6.86. The van der Waals surface area contributed by atoms with Gasteiger partial charge in [0.25, 0.3) is 0 Å². The third kappa shape index (κ3) is 5.41. The van der Waals surface area contributed by atoms with Crippen molar-refractivity contribution >= 4 is 5.69 Å². The SMILES string of the molecule is COCCN(CCOC)Cc1cc(OC)c(OC)cc1N. The van der Waals surface area contributed by atoms with E-state index >= 15 is 0 Å². The molecule has 21 heavy (non-hydrogen) atoms. The number of hydrogen-bond donors (Lipinski definition) is 1. The van der Waals surface area contributed by atoms with Crippen molar-refractivity contribution in [2.24, 2.45) is 0 Å². The lowest BCUT2D eigenvalue weighted by Crippen LogP contribution is -2.30. The van der Waals surface area contributed by atoms with Gasteiger partial charge in [-0.1, -0.05) is 0 Å². The van der Waals surface area contributed by atoms with E-state index in [1.807, 2.05) is 6.07 Å². The molecule has 6 nitrogen and oxygen atoms in total. The Kier molecular flexibility index (Phi) is 7.89. The van der Waals surface area contributed by atoms with E-state index in [0.717, 1.165) is 18.7 Å². The lowest BCUT2D eigenvalue weighted by molar-refractivity contribution is 0.110. The number of nitrogens with zero attached hydrogens (tertiary/aromatic N) is 1. The molecule has 0 spiro atoms. The molecule has 120 valence electrons. The van der Waals surface area contributed by atoms with Gasteiger partial charge in [-0.3, -0.25) is 4.90 Å². The summed E-state index contributed by atoms with van der Waals surface area (Å²) in [6.45, 7) is 3.66. The molecule has 0 radical (unpaired) electrons. The normalized spacial score (nSPS) is 10.9. The number of nitrogen functional groups attached to an aromatic ring is 1. The van der Waals surface area contributed by atoms with Gasteiger partial charge in [0, 0.05) is 45.6 Å². The van der Waals surface area contributed by atoms with Gasteiger partial charge in [0.15, 0.2) is 11.5 Å². The maximum Gasteiger partial charge on any atom is 0.162 e. The first-order chi connectivity index (χ1) is 10.2. The van der Waals surface area contributed by atoms with Crippen LogP contribution in [0.25, 0.3) is 0 Å². The molecule has 0 fully saturated rings. The van der Waals surface area contributed by atoms with Crippen molar-refractivity contribution < 1.29 is 18.9 Å². The highest BCUT2D eigenvalue weighted by Crippen LogP contribution is 2.32. The van der Waals surface area contributed by atoms with E-state index < -0.39 is 0 Å². The molecule has 0 aliphatic rings. The highest BCUT2D eigenvalue weighted by atomic mass is 16.5. The molecule has 6 heteroatoms. The Labute approximate surface area is 126 Å². The number of anilines is 1. The molecule has 0 aliphatic carbocycles. The summed E-state index contributed by atoms with van der Waals surface area (Å²) in [4.78, 5) is 2.23. The molecule has 0 saturated carbocycles. The third-order valence-electron chi connectivity index (χ3n) is 3.26. The van der Waals surface area contributed by atoms with Gasteiger partial charge in [0.1, 0.15) is 0 Å². The van der Waals surface area contributed by atoms with Crippen molar-refractivity contribution in [3.8, 4) is 11.5 Å². The smallest absolute Gasteiger partial charge is 0.162 e. The molecule has 0 heterocycles. The summed E-state index contributed by atoms with van der Waals surface area (Å²) in [7, 11) is 6.60. The first-order valence-electron chi connectivity index (χ1n) is 6.86. The highest BCUT2D eigenvalue weighted by Gasteiger charge is 2.12. The molecule has 1 aromatic carbocycles. The molecule has 1 rings (SSSR count). The fourth-order valence-electron chi connectivity index (χ4n) is 2.03. The van der Waals surface area contributed by atoms with Crippen LogP contribution in [0, 0.1) is 0 Å². The molecule has 0 amide bonds. The molecule has 1 aromatic rings. The Balaban J connectivity index is 2.85. The number of methoxy groups -OCH3 is 4. The van der Waals surface area contributed by atoms with Crippen LogP contribution < -0.4 is 15.2 Å². The Morgan fingerprint density at radius 2 is 1.43 bits per heavy atom. The summed E-state index contributed by atoms with van der Waals surface area (Å²) in [6.07, 6.45) is 0. The molecule has 0 saturated heterocycles. The van der Waals surface area contributed by atoms with Crippen molar-refractivity contribution in [1.82, 2.24) is 4.90 Å². The fourth-order valence-corrected chi connectivity index (χ4v) is 2.03. The summed E-state index contributed by atoms with van der Waals surface area (Å²) >= 11 is 0. The van der Waals surface area contributed by atoms with Gasteiger partial charge in [0.05, 0.1) is 27.4 Å². The fraction of sp³-hybridized carbons (Fsp3) is 0.600. The average Bonchev–Trinajstić information content (AvgIpc) is 2.51. The van der Waals surface area contributed by atoms with E-state index in [9.17, 15) is 0 Å². The Morgan fingerprint density at radius 3 is 1.90 bits per heavy atom. The number of nitrogens with two attached hydrogens (primary N) is 1. The van der Waals surface area contributed by atoms with Crippen LogP contribution >= 0.6 is 0 Å². The van der Waals surface area contributed by atoms with Gasteiger partial charge in [0.2, 0.25) is 0 Å². The number of rotatable bonds is 10. The first kappa shape index (κ1) is 17.6. The third-order valence-corrected chi connectivity index (χ3v) is 3.26. The number of ether oxygens (including phenoxy) is 4. The lowest BCUT2D eigenvalue weighted by atomic mass is 10.1. The summed E-state index contributed by atoms with van der Waals surface area (Å²) < 4.78 is 20.9. The maximum atomic E-state index is 6.10. The van der Waals surface area contributed by atoms with E-state index in [4.69, 9.17) is 24.7 Å². The predicted molar refractivity (Wildman–Crippen MR) is 83.0 cm³/mol. The minimum atomic E-state index is 0.638. The van der Waals surface area contributed by atoms with Crippen LogP contribution in [0.5, 0.6) is 11.5 Å². The summed E-state index contributed by atoms with van der Waals surface area (Å²) in [5.74, 6) is 1.32. The quantitative estimate of drug-likeness (QED) is 0.658. The maximum absolute atomic E-state index is 6.10. The van der Waals surface area contributed by atoms with Gasteiger partial charge in [-0.15, -0.1) is 0 Å². The van der Waals surface area contributed by atoms with Crippen molar-refractivity contribution in [3.05, 3.63) is 17.7 Å². The van der Waals surface area contributed by atoms with Crippen LogP contribution in [-0.2, 0) is 16.0 Å². The Hall–Kier alpha value is -1.50. The molecule has 0 bridgehead atoms. The number of benzene rings is 1. The van der Waals surface area contributed by atoms with E-state index in [1.165, 1.54) is 0 Å². The monoisotopic (exact) mass is 298 g/mol. The average molecular weight is 298 g/mol. The van der Waals surface area contributed by atoms with Gasteiger partial charge in [-0.05, 0) is 11.6 Å². The largest absolute Gasteiger partial charge is 0.493 e. The van der Waals surface area contributed by atoms with E-state index in [-0.39, 0.29) is 0 Å². The topological polar surface area (TPSA) is 66.2 Å². The molecule has 0 aromatic heterocycles. The van der Waals surface area contributed by atoms with Crippen molar-refractivity contribution in [2.45, 2.75) is 6.54 Å². The minimum Gasteiger partial charge on any atom is -0.493 e. The van der Waals surface area contributed by atoms with Gasteiger partial charge < -0.3 is 24.7 Å². The molecular formula is C15H26N2O4. The zero-order valence-corrected chi connectivity index (χ0v) is 13.3. The Bertz CT molecular complexity index is 418. The molecule has 0 atom stereocenters. The second-order valence-corrected chi connectivity index (χ2v) is 4.67. The highest BCUT2D eigenvalue weighted by molar-refractivity contribution is 5.57. The Morgan fingerprint density at radius 1 is 0.905 bits per heavy atom. The zero-order chi connectivity index (χ0) is 15.7. The lowest BCUT2D eigenvalue weighted by Gasteiger charge is -2.23. The molecule has 0 aliphatic heterocycles. The zero-order valence-electron chi connectivity index (χ0n) is 13.3. The van der Waals surface area contributed by atoms with Crippen molar-refractivity contribution in [2.75, 3.05) is 60.5 Å². The standard InChI is InChI=1S/C15H26N2O4/c1-18-7-5-17(6-8-19-2)11-12-9-14(20-3)15(21-4)10-13(12)16/h9-10H,5-8,11,16H2,1-4H3. The molecule has 2 N–H and O–H groups in total. The van der Waals surface area contributed by atoms with Crippen LogP contribution in [0.15, 0.2) is 12.1 Å². The summed E-state index contributed by atoms with van der Waals surface area (Å²) in [5, 5.41) is 0. The van der Waals surface area contributed by atoms with Crippen LogP contribution in [0.3, 0.4) is 0 Å². The van der Waals surface area contributed by atoms with Crippen LogP contribution in [-0.4, -0.2) is 59.6 Å². The van der Waals surface area contributed by atoms with Gasteiger partial charge in [-0.25, -0.2) is 0 Å². The van der Waals surface area contributed by atoms with Crippen LogP contribution in [0.4, 0.5) is 5.69 Å². The van der Waals surface area contributed by atoms with Gasteiger partial charge in [-0.2, -0.15) is 0 Å². The van der Waals surface area contributed by atoms with E-state index in [1.54, 1.807) is 34.5 Å². The molecule has 0 unspecified atom stereocenters. The predicted octanol–water partition coefficient (Wildman–Crippen LogP) is 1.38. The van der Waals surface area contributed by atoms with Crippen molar-refractivity contribution in [1.29, 1.82) is 0 Å². The van der Waals surface area contributed by atoms with Crippen LogP contribution in [0.1, 0.15) is 5.56 Å². The van der Waals surface area contributed by atoms with E-state index in [0.29, 0.717) is 36.9 Å². The summed E-state index contributed by atoms with van der Waals surface area (Å²) in [5.41, 5.74) is 7.79. The summed E-state index contributed by atoms with van der Waals surface area (Å²) in [6, 6.07) is 3.71. The van der Waals surface area contributed by atoms with Crippen LogP contribution in [0.2, 0.25) is 0 Å². The van der Waals surface area contributed by atoms with Gasteiger partial charge >= 0.3 is 0 Å². The van der Waals surface area contributed by atoms with Crippen molar-refractivity contribution in [3.63, 3.8) is 0 Å². The molecular weight excluding hydrogens is 272 g/mol. The minimum absolute atomic E-state index is 0.638.